The lowest BCUT2D eigenvalue weighted by molar-refractivity contribution is -0.112. The van der Waals surface area contributed by atoms with Crippen LogP contribution in [-0.2, 0) is 4.79 Å². The predicted molar refractivity (Wildman–Crippen MR) is 110 cm³/mol. The van der Waals surface area contributed by atoms with Gasteiger partial charge in [0.2, 0.25) is 6.79 Å². The molecule has 1 amide bonds. The molecule has 1 N–H and O–H groups in total. The molecule has 0 radical (unpaired) electrons. The third-order valence-electron chi connectivity index (χ3n) is 4.78. The van der Waals surface area contributed by atoms with Crippen LogP contribution in [0.5, 0.6) is 11.5 Å². The SMILES string of the molecule is Cc1cc(/C=C(\C#N)C(=O)Nc2ccccc2)c(C)n1-c1ccc2c(c1)OCO2. The molecule has 1 aromatic heterocycles. The molecule has 1 aliphatic heterocycles. The maximum Gasteiger partial charge on any atom is 0.266 e. The van der Waals surface area contributed by atoms with Crippen LogP contribution in [0, 0.1) is 25.2 Å². The Labute approximate surface area is 168 Å². The van der Waals surface area contributed by atoms with Crippen LogP contribution in [0.2, 0.25) is 0 Å². The summed E-state index contributed by atoms with van der Waals surface area (Å²) in [5.74, 6) is 0.985. The molecule has 0 fully saturated rings. The molecule has 2 heterocycles. The number of rotatable bonds is 4. The number of hydrogen-bond donors (Lipinski definition) is 1. The van der Waals surface area contributed by atoms with E-state index in [-0.39, 0.29) is 12.4 Å². The van der Waals surface area contributed by atoms with Gasteiger partial charge in [-0.2, -0.15) is 5.26 Å². The molecule has 1 aliphatic rings. The number of nitrogens with zero attached hydrogens (tertiary/aromatic N) is 2. The molecular weight excluding hydrogens is 366 g/mol. The molecule has 0 aliphatic carbocycles. The molecule has 6 nitrogen and oxygen atoms in total. The molecule has 0 spiro atoms. The summed E-state index contributed by atoms with van der Waals surface area (Å²) in [5, 5.41) is 12.3. The highest BCUT2D eigenvalue weighted by atomic mass is 16.7. The Bertz CT molecular complexity index is 1150. The van der Waals surface area contributed by atoms with Gasteiger partial charge in [-0.25, -0.2) is 0 Å². The third-order valence-corrected chi connectivity index (χ3v) is 4.78. The van der Waals surface area contributed by atoms with E-state index in [1.165, 1.54) is 0 Å². The fraction of sp³-hybridized carbons (Fsp3) is 0.130. The van der Waals surface area contributed by atoms with Crippen LogP contribution in [0.4, 0.5) is 5.69 Å². The van der Waals surface area contributed by atoms with Crippen LogP contribution in [0.15, 0.2) is 60.2 Å². The Hall–Kier alpha value is -3.98. The average Bonchev–Trinajstić information content (AvgIpc) is 3.30. The zero-order valence-corrected chi connectivity index (χ0v) is 16.1. The van der Waals surface area contributed by atoms with Crippen LogP contribution >= 0.6 is 0 Å². The van der Waals surface area contributed by atoms with E-state index < -0.39 is 5.91 Å². The van der Waals surface area contributed by atoms with Crippen LogP contribution in [0.25, 0.3) is 11.8 Å². The Balaban J connectivity index is 1.66. The first-order valence-corrected chi connectivity index (χ1v) is 9.14. The van der Waals surface area contributed by atoms with E-state index in [1.807, 2.05) is 62.4 Å². The van der Waals surface area contributed by atoms with Gasteiger partial charge in [-0.05, 0) is 55.8 Å². The molecular formula is C23H19N3O3. The number of aryl methyl sites for hydroxylation is 1. The molecule has 0 atom stereocenters. The van der Waals surface area contributed by atoms with Gasteiger partial charge in [-0.1, -0.05) is 18.2 Å². The van der Waals surface area contributed by atoms with Crippen molar-refractivity contribution in [2.45, 2.75) is 13.8 Å². The maximum atomic E-state index is 12.5. The third kappa shape index (κ3) is 3.58. The number of fused-ring (bicyclic) bond motifs is 1. The van der Waals surface area contributed by atoms with Gasteiger partial charge in [0.15, 0.2) is 11.5 Å². The number of para-hydroxylation sites is 1. The maximum absolute atomic E-state index is 12.5. The number of benzene rings is 2. The van der Waals surface area contributed by atoms with E-state index in [2.05, 4.69) is 9.88 Å². The van der Waals surface area contributed by atoms with Gasteiger partial charge in [0.1, 0.15) is 11.6 Å². The van der Waals surface area contributed by atoms with Crippen LogP contribution in [-0.4, -0.2) is 17.3 Å². The second-order valence-corrected chi connectivity index (χ2v) is 6.69. The largest absolute Gasteiger partial charge is 0.454 e. The summed E-state index contributed by atoms with van der Waals surface area (Å²) in [6.45, 7) is 4.15. The fourth-order valence-electron chi connectivity index (χ4n) is 3.38. The minimum Gasteiger partial charge on any atom is -0.454 e. The van der Waals surface area contributed by atoms with Gasteiger partial charge in [0.05, 0.1) is 0 Å². The fourth-order valence-corrected chi connectivity index (χ4v) is 3.38. The number of nitriles is 1. The highest BCUT2D eigenvalue weighted by Gasteiger charge is 2.17. The first-order chi connectivity index (χ1) is 14.1. The topological polar surface area (TPSA) is 76.3 Å². The first kappa shape index (κ1) is 18.4. The molecule has 0 bridgehead atoms. The van der Waals surface area contributed by atoms with E-state index in [9.17, 15) is 10.1 Å². The lowest BCUT2D eigenvalue weighted by Crippen LogP contribution is -2.13. The summed E-state index contributed by atoms with van der Waals surface area (Å²) in [5.41, 5.74) is 4.32. The molecule has 144 valence electrons. The Morgan fingerprint density at radius 3 is 2.62 bits per heavy atom. The van der Waals surface area contributed by atoms with Crippen molar-refractivity contribution >= 4 is 17.7 Å². The van der Waals surface area contributed by atoms with Gasteiger partial charge in [-0.3, -0.25) is 4.79 Å². The van der Waals surface area contributed by atoms with Gasteiger partial charge < -0.3 is 19.4 Å². The molecule has 2 aromatic carbocycles. The van der Waals surface area contributed by atoms with E-state index in [0.29, 0.717) is 11.4 Å². The van der Waals surface area contributed by atoms with Crippen molar-refractivity contribution in [3.8, 4) is 23.3 Å². The molecule has 0 saturated heterocycles. The Morgan fingerprint density at radius 1 is 1.10 bits per heavy atom. The van der Waals surface area contributed by atoms with Crippen molar-refractivity contribution in [1.82, 2.24) is 4.57 Å². The summed E-state index contributed by atoms with van der Waals surface area (Å²) in [7, 11) is 0. The second-order valence-electron chi connectivity index (χ2n) is 6.69. The predicted octanol–water partition coefficient (Wildman–Crippen LogP) is 4.37. The number of nitrogens with one attached hydrogen (secondary N) is 1. The van der Waals surface area contributed by atoms with Gasteiger partial charge >= 0.3 is 0 Å². The number of ether oxygens (including phenoxy) is 2. The quantitative estimate of drug-likeness (QED) is 0.534. The van der Waals surface area contributed by atoms with Crippen molar-refractivity contribution in [1.29, 1.82) is 5.26 Å². The first-order valence-electron chi connectivity index (χ1n) is 9.14. The van der Waals surface area contributed by atoms with Crippen molar-refractivity contribution in [3.63, 3.8) is 0 Å². The van der Waals surface area contributed by atoms with Crippen molar-refractivity contribution < 1.29 is 14.3 Å². The molecule has 29 heavy (non-hydrogen) atoms. The van der Waals surface area contributed by atoms with E-state index in [0.717, 1.165) is 28.4 Å². The summed E-state index contributed by atoms with van der Waals surface area (Å²) in [4.78, 5) is 12.5. The van der Waals surface area contributed by atoms with E-state index in [1.54, 1.807) is 18.2 Å². The van der Waals surface area contributed by atoms with Crippen LogP contribution in [0.1, 0.15) is 17.0 Å². The lowest BCUT2D eigenvalue weighted by atomic mass is 10.1. The smallest absolute Gasteiger partial charge is 0.266 e. The number of aromatic nitrogens is 1. The summed E-state index contributed by atoms with van der Waals surface area (Å²) in [6.07, 6.45) is 1.62. The molecule has 4 rings (SSSR count). The minimum atomic E-state index is -0.438. The zero-order chi connectivity index (χ0) is 20.4. The number of anilines is 1. The van der Waals surface area contributed by atoms with Gasteiger partial charge in [0.25, 0.3) is 5.91 Å². The summed E-state index contributed by atoms with van der Waals surface area (Å²) >= 11 is 0. The van der Waals surface area contributed by atoms with Crippen molar-refractivity contribution in [3.05, 3.63) is 77.1 Å². The number of carbonyl (C=O) groups is 1. The normalized spacial score (nSPS) is 12.5. The second kappa shape index (κ2) is 7.56. The Kier molecular flexibility index (Phi) is 4.80. The molecule has 3 aromatic rings. The Morgan fingerprint density at radius 2 is 1.86 bits per heavy atom. The zero-order valence-electron chi connectivity index (χ0n) is 16.1. The van der Waals surface area contributed by atoms with Gasteiger partial charge in [-0.15, -0.1) is 0 Å². The van der Waals surface area contributed by atoms with Crippen molar-refractivity contribution in [2.24, 2.45) is 0 Å². The van der Waals surface area contributed by atoms with E-state index >= 15 is 0 Å². The number of hydrogen-bond acceptors (Lipinski definition) is 4. The number of carbonyl (C=O) groups excluding carboxylic acids is 1. The monoisotopic (exact) mass is 385 g/mol. The molecule has 0 saturated carbocycles. The number of amides is 1. The van der Waals surface area contributed by atoms with Crippen LogP contribution < -0.4 is 14.8 Å². The van der Waals surface area contributed by atoms with E-state index in [4.69, 9.17) is 9.47 Å². The lowest BCUT2D eigenvalue weighted by Gasteiger charge is -2.10. The average molecular weight is 385 g/mol. The standard InChI is InChI=1S/C23H19N3O3/c1-15-10-17(11-18(13-24)23(27)25-19-6-4-3-5-7-19)16(2)26(15)20-8-9-21-22(12-20)29-14-28-21/h3-12H,14H2,1-2H3,(H,25,27)/b18-11+. The highest BCUT2D eigenvalue weighted by Crippen LogP contribution is 2.35. The van der Waals surface area contributed by atoms with Gasteiger partial charge in [0, 0.05) is 28.8 Å². The van der Waals surface area contributed by atoms with Crippen molar-refractivity contribution in [2.75, 3.05) is 12.1 Å². The minimum absolute atomic E-state index is 0.0415. The van der Waals surface area contributed by atoms with Crippen LogP contribution in [0.3, 0.4) is 0 Å². The molecule has 6 heteroatoms. The molecule has 0 unspecified atom stereocenters. The highest BCUT2D eigenvalue weighted by molar-refractivity contribution is 6.09. The summed E-state index contributed by atoms with van der Waals surface area (Å²) < 4.78 is 12.9. The summed E-state index contributed by atoms with van der Waals surface area (Å²) in [6, 6.07) is 18.8.